The van der Waals surface area contributed by atoms with E-state index in [9.17, 15) is 14.9 Å². The molecule has 0 atom stereocenters. The van der Waals surface area contributed by atoms with Crippen molar-refractivity contribution in [3.8, 4) is 0 Å². The number of pyridine rings is 1. The topological polar surface area (TPSA) is 94.4 Å². The van der Waals surface area contributed by atoms with E-state index >= 15 is 0 Å². The maximum atomic E-state index is 11.6. The molecule has 0 aliphatic rings. The standard InChI is InChI=1S/C13H11N3O4/c1-20-13(17)9-5-2-3-6-10(9)15-12-11(16(18)19)7-4-8-14-12/h2-8H,1H3,(H,14,15). The predicted molar refractivity (Wildman–Crippen MR) is 72.0 cm³/mol. The Kier molecular flexibility index (Phi) is 3.90. The summed E-state index contributed by atoms with van der Waals surface area (Å²) < 4.78 is 4.66. The molecule has 0 amide bonds. The van der Waals surface area contributed by atoms with E-state index in [2.05, 4.69) is 15.0 Å². The van der Waals surface area contributed by atoms with Gasteiger partial charge >= 0.3 is 11.7 Å². The molecule has 2 rings (SSSR count). The van der Waals surface area contributed by atoms with E-state index in [-0.39, 0.29) is 17.1 Å². The number of esters is 1. The average molecular weight is 273 g/mol. The predicted octanol–water partition coefficient (Wildman–Crippen LogP) is 2.52. The van der Waals surface area contributed by atoms with Gasteiger partial charge in [0.15, 0.2) is 0 Å². The summed E-state index contributed by atoms with van der Waals surface area (Å²) in [6.45, 7) is 0. The summed E-state index contributed by atoms with van der Waals surface area (Å²) in [6, 6.07) is 9.34. The summed E-state index contributed by atoms with van der Waals surface area (Å²) in [5.74, 6) is -0.472. The van der Waals surface area contributed by atoms with Crippen molar-refractivity contribution in [1.82, 2.24) is 4.98 Å². The molecular formula is C13H11N3O4. The van der Waals surface area contributed by atoms with Gasteiger partial charge in [-0.15, -0.1) is 0 Å². The van der Waals surface area contributed by atoms with Crippen LogP contribution in [0.1, 0.15) is 10.4 Å². The zero-order chi connectivity index (χ0) is 14.5. The number of benzene rings is 1. The quantitative estimate of drug-likeness (QED) is 0.522. The highest BCUT2D eigenvalue weighted by Crippen LogP contribution is 2.26. The minimum Gasteiger partial charge on any atom is -0.465 e. The second kappa shape index (κ2) is 5.79. The number of carbonyl (C=O) groups excluding carboxylic acids is 1. The van der Waals surface area contributed by atoms with Crippen molar-refractivity contribution in [2.75, 3.05) is 12.4 Å². The summed E-state index contributed by atoms with van der Waals surface area (Å²) in [7, 11) is 1.27. The number of aromatic nitrogens is 1. The normalized spacial score (nSPS) is 9.85. The minimum atomic E-state index is -0.546. The Hall–Kier alpha value is -2.96. The Morgan fingerprint density at radius 2 is 2.05 bits per heavy atom. The second-order valence-electron chi connectivity index (χ2n) is 3.79. The molecule has 7 heteroatoms. The van der Waals surface area contributed by atoms with Crippen molar-refractivity contribution in [1.29, 1.82) is 0 Å². The van der Waals surface area contributed by atoms with Crippen LogP contribution in [-0.4, -0.2) is 23.0 Å². The number of ether oxygens (including phenoxy) is 1. The number of hydrogen-bond acceptors (Lipinski definition) is 6. The number of para-hydroxylation sites is 1. The Bertz CT molecular complexity index is 658. The zero-order valence-corrected chi connectivity index (χ0v) is 10.6. The van der Waals surface area contributed by atoms with Crippen LogP contribution >= 0.6 is 0 Å². The van der Waals surface area contributed by atoms with Crippen LogP contribution in [0.5, 0.6) is 0 Å². The van der Waals surface area contributed by atoms with E-state index in [1.807, 2.05) is 0 Å². The van der Waals surface area contributed by atoms with E-state index in [0.717, 1.165) is 0 Å². The van der Waals surface area contributed by atoms with Crippen LogP contribution in [0.2, 0.25) is 0 Å². The number of nitro groups is 1. The van der Waals surface area contributed by atoms with Crippen LogP contribution in [0.25, 0.3) is 0 Å². The molecule has 0 unspecified atom stereocenters. The van der Waals surface area contributed by atoms with Gasteiger partial charge in [0.05, 0.1) is 23.3 Å². The lowest BCUT2D eigenvalue weighted by Gasteiger charge is -2.09. The van der Waals surface area contributed by atoms with Crippen molar-refractivity contribution in [2.24, 2.45) is 0 Å². The summed E-state index contributed by atoms with van der Waals surface area (Å²) in [6.07, 6.45) is 1.43. The van der Waals surface area contributed by atoms with Crippen LogP contribution in [0.15, 0.2) is 42.6 Å². The van der Waals surface area contributed by atoms with Gasteiger partial charge in [-0.2, -0.15) is 0 Å². The number of hydrogen-bond donors (Lipinski definition) is 1. The van der Waals surface area contributed by atoms with Crippen molar-refractivity contribution in [3.05, 3.63) is 58.3 Å². The third-order valence-corrected chi connectivity index (χ3v) is 2.57. The number of anilines is 2. The third kappa shape index (κ3) is 2.72. The monoisotopic (exact) mass is 273 g/mol. The van der Waals surface area contributed by atoms with E-state index < -0.39 is 10.9 Å². The molecule has 0 aliphatic heterocycles. The second-order valence-corrected chi connectivity index (χ2v) is 3.79. The Labute approximate surface area is 114 Å². The lowest BCUT2D eigenvalue weighted by atomic mass is 10.2. The van der Waals surface area contributed by atoms with E-state index in [4.69, 9.17) is 0 Å². The summed E-state index contributed by atoms with van der Waals surface area (Å²) in [5, 5.41) is 13.7. The fourth-order valence-electron chi connectivity index (χ4n) is 1.65. The number of rotatable bonds is 4. The molecule has 2 aromatic rings. The van der Waals surface area contributed by atoms with Gasteiger partial charge in [-0.3, -0.25) is 10.1 Å². The summed E-state index contributed by atoms with van der Waals surface area (Å²) in [4.78, 5) is 25.9. The van der Waals surface area contributed by atoms with Gasteiger partial charge in [-0.25, -0.2) is 9.78 Å². The third-order valence-electron chi connectivity index (χ3n) is 2.57. The zero-order valence-electron chi connectivity index (χ0n) is 10.6. The van der Waals surface area contributed by atoms with Gasteiger partial charge in [0, 0.05) is 12.3 Å². The smallest absolute Gasteiger partial charge is 0.339 e. The lowest BCUT2D eigenvalue weighted by molar-refractivity contribution is -0.384. The fraction of sp³-hybridized carbons (Fsp3) is 0.0769. The molecule has 0 aliphatic carbocycles. The first-order valence-electron chi connectivity index (χ1n) is 5.67. The van der Waals surface area contributed by atoms with Crippen LogP contribution in [0.3, 0.4) is 0 Å². The first kappa shape index (κ1) is 13.5. The molecule has 1 aromatic carbocycles. The first-order chi connectivity index (χ1) is 9.63. The van der Waals surface area contributed by atoms with Crippen molar-refractivity contribution >= 4 is 23.2 Å². The van der Waals surface area contributed by atoms with Crippen LogP contribution in [0.4, 0.5) is 17.2 Å². The summed E-state index contributed by atoms with van der Waals surface area (Å²) >= 11 is 0. The van der Waals surface area contributed by atoms with Crippen LogP contribution in [0, 0.1) is 10.1 Å². The van der Waals surface area contributed by atoms with Crippen LogP contribution in [-0.2, 0) is 4.74 Å². The molecule has 0 saturated carbocycles. The molecule has 0 saturated heterocycles. The molecule has 102 valence electrons. The lowest BCUT2D eigenvalue weighted by Crippen LogP contribution is -2.07. The highest BCUT2D eigenvalue weighted by atomic mass is 16.6. The number of methoxy groups -OCH3 is 1. The highest BCUT2D eigenvalue weighted by Gasteiger charge is 2.17. The molecule has 1 heterocycles. The van der Waals surface area contributed by atoms with E-state index in [1.165, 1.54) is 25.4 Å². The first-order valence-corrected chi connectivity index (χ1v) is 5.67. The molecule has 0 radical (unpaired) electrons. The molecule has 0 spiro atoms. The number of carbonyl (C=O) groups is 1. The molecule has 0 bridgehead atoms. The van der Waals surface area contributed by atoms with Crippen molar-refractivity contribution < 1.29 is 14.5 Å². The van der Waals surface area contributed by atoms with Gasteiger partial charge in [0.25, 0.3) is 0 Å². The molecular weight excluding hydrogens is 262 g/mol. The molecule has 20 heavy (non-hydrogen) atoms. The van der Waals surface area contributed by atoms with Crippen molar-refractivity contribution in [2.45, 2.75) is 0 Å². The Balaban J connectivity index is 2.41. The number of nitrogens with one attached hydrogen (secondary N) is 1. The molecule has 7 nitrogen and oxygen atoms in total. The van der Waals surface area contributed by atoms with Gasteiger partial charge in [0.2, 0.25) is 5.82 Å². The SMILES string of the molecule is COC(=O)c1ccccc1Nc1ncccc1[N+](=O)[O-]. The van der Waals surface area contributed by atoms with E-state index in [0.29, 0.717) is 5.69 Å². The highest BCUT2D eigenvalue weighted by molar-refractivity contribution is 5.96. The molecule has 1 N–H and O–H groups in total. The van der Waals surface area contributed by atoms with Gasteiger partial charge in [-0.05, 0) is 18.2 Å². The molecule has 1 aromatic heterocycles. The average Bonchev–Trinajstić information content (AvgIpc) is 2.47. The molecule has 0 fully saturated rings. The van der Waals surface area contributed by atoms with E-state index in [1.54, 1.807) is 24.3 Å². The van der Waals surface area contributed by atoms with Gasteiger partial charge in [-0.1, -0.05) is 12.1 Å². The summed E-state index contributed by atoms with van der Waals surface area (Å²) in [5.41, 5.74) is 0.489. The maximum absolute atomic E-state index is 11.6. The van der Waals surface area contributed by atoms with Gasteiger partial charge < -0.3 is 10.1 Å². The number of nitrogens with zero attached hydrogens (tertiary/aromatic N) is 2. The van der Waals surface area contributed by atoms with Crippen LogP contribution < -0.4 is 5.32 Å². The Morgan fingerprint density at radius 1 is 1.30 bits per heavy atom. The fourth-order valence-corrected chi connectivity index (χ4v) is 1.65. The van der Waals surface area contributed by atoms with Crippen molar-refractivity contribution in [3.63, 3.8) is 0 Å². The van der Waals surface area contributed by atoms with Gasteiger partial charge in [0.1, 0.15) is 0 Å². The maximum Gasteiger partial charge on any atom is 0.339 e. The Morgan fingerprint density at radius 3 is 2.75 bits per heavy atom. The minimum absolute atomic E-state index is 0.0638. The largest absolute Gasteiger partial charge is 0.465 e.